The van der Waals surface area contributed by atoms with E-state index in [2.05, 4.69) is 0 Å². The predicted octanol–water partition coefficient (Wildman–Crippen LogP) is 0.647. The summed E-state index contributed by atoms with van der Waals surface area (Å²) in [6.07, 6.45) is 3.30. The van der Waals surface area contributed by atoms with E-state index in [0.717, 1.165) is 0 Å². The van der Waals surface area contributed by atoms with Crippen LogP contribution < -0.4 is 0 Å². The zero-order valence-corrected chi connectivity index (χ0v) is 6.75. The van der Waals surface area contributed by atoms with Gasteiger partial charge >= 0.3 is 0 Å². The molecule has 0 unspecified atom stereocenters. The molecule has 8 heavy (non-hydrogen) atoms. The second-order valence-corrected chi connectivity index (χ2v) is 7.23. The van der Waals surface area contributed by atoms with Crippen molar-refractivity contribution >= 4 is 9.35 Å². The highest BCUT2D eigenvalue weighted by atomic mass is 32.3. The average Bonchev–Trinajstić information content (AvgIpc) is 1.68. The SMILES string of the molecule is CCS(C)(C)(=O)OC. The van der Waals surface area contributed by atoms with Crippen LogP contribution in [0.2, 0.25) is 0 Å². The third-order valence-electron chi connectivity index (χ3n) is 1.33. The molecule has 0 aromatic carbocycles. The fourth-order valence-corrected chi connectivity index (χ4v) is 0.354. The van der Waals surface area contributed by atoms with Crippen LogP contribution >= 0.6 is 0 Å². The van der Waals surface area contributed by atoms with E-state index in [-0.39, 0.29) is 0 Å². The van der Waals surface area contributed by atoms with Gasteiger partial charge < -0.3 is 0 Å². The highest BCUT2D eigenvalue weighted by molar-refractivity contribution is 8.14. The van der Waals surface area contributed by atoms with E-state index in [1.807, 2.05) is 6.92 Å². The molecule has 0 fully saturated rings. The van der Waals surface area contributed by atoms with Crippen LogP contribution in [0.4, 0.5) is 0 Å². The maximum atomic E-state index is 11.3. The maximum absolute atomic E-state index is 11.3. The van der Waals surface area contributed by atoms with Crippen LogP contribution in [-0.2, 0) is 13.5 Å². The van der Waals surface area contributed by atoms with Gasteiger partial charge in [-0.3, -0.25) is 4.18 Å². The molecule has 2 nitrogen and oxygen atoms in total. The number of rotatable bonds is 2. The monoisotopic (exact) mass is 138 g/mol. The largest absolute Gasteiger partial charge is 0.292 e. The second kappa shape index (κ2) is 1.81. The van der Waals surface area contributed by atoms with Crippen molar-refractivity contribution in [3.05, 3.63) is 0 Å². The van der Waals surface area contributed by atoms with Crippen molar-refractivity contribution in [2.45, 2.75) is 6.92 Å². The molecule has 0 aliphatic heterocycles. The van der Waals surface area contributed by atoms with Gasteiger partial charge in [-0.1, -0.05) is 0 Å². The van der Waals surface area contributed by atoms with Crippen LogP contribution in [0, 0.1) is 0 Å². The van der Waals surface area contributed by atoms with Crippen LogP contribution in [0.5, 0.6) is 0 Å². The van der Waals surface area contributed by atoms with Crippen molar-refractivity contribution in [2.24, 2.45) is 0 Å². The van der Waals surface area contributed by atoms with Gasteiger partial charge in [0.25, 0.3) is 0 Å². The molecule has 0 aliphatic rings. The van der Waals surface area contributed by atoms with Gasteiger partial charge in [-0.15, -0.1) is 0 Å². The summed E-state index contributed by atoms with van der Waals surface area (Å²) in [7, 11) is -1.15. The minimum absolute atomic E-state index is 0.591. The molecule has 0 spiro atoms. The van der Waals surface area contributed by atoms with E-state index in [4.69, 9.17) is 4.18 Å². The highest BCUT2D eigenvalue weighted by Crippen LogP contribution is 2.15. The minimum atomic E-state index is -2.63. The third kappa shape index (κ3) is 2.43. The first kappa shape index (κ1) is 8.11. The first-order valence-electron chi connectivity index (χ1n) is 2.55. The maximum Gasteiger partial charge on any atom is 0.0597 e. The first-order chi connectivity index (χ1) is 3.39. The van der Waals surface area contributed by atoms with Gasteiger partial charge in [0.1, 0.15) is 0 Å². The summed E-state index contributed by atoms with van der Waals surface area (Å²) in [6.45, 7) is 1.86. The van der Waals surface area contributed by atoms with Crippen LogP contribution in [-0.4, -0.2) is 29.6 Å². The molecule has 0 amide bonds. The quantitative estimate of drug-likeness (QED) is 0.560. The normalized spacial score (nSPS) is 17.2. The van der Waals surface area contributed by atoms with Gasteiger partial charge in [-0.25, -0.2) is 4.21 Å². The third-order valence-corrected chi connectivity index (χ3v) is 4.00. The van der Waals surface area contributed by atoms with Gasteiger partial charge in [0.15, 0.2) is 0 Å². The molecular formula is C5H14O2S. The Kier molecular flexibility index (Phi) is 1.83. The van der Waals surface area contributed by atoms with E-state index in [0.29, 0.717) is 5.75 Å². The molecule has 0 rings (SSSR count). The Morgan fingerprint density at radius 2 is 1.88 bits per heavy atom. The summed E-state index contributed by atoms with van der Waals surface area (Å²) in [5.74, 6) is 0.591. The zero-order chi connectivity index (χ0) is 6.86. The molecule has 52 valence electrons. The van der Waals surface area contributed by atoms with Gasteiger partial charge in [-0.2, -0.15) is 9.35 Å². The van der Waals surface area contributed by atoms with E-state index < -0.39 is 9.35 Å². The van der Waals surface area contributed by atoms with Crippen molar-refractivity contribution in [1.29, 1.82) is 0 Å². The van der Waals surface area contributed by atoms with E-state index in [9.17, 15) is 4.21 Å². The predicted molar refractivity (Wildman–Crippen MR) is 37.5 cm³/mol. The molecule has 0 N–H and O–H groups in total. The van der Waals surface area contributed by atoms with E-state index >= 15 is 0 Å². The molecule has 0 bridgehead atoms. The smallest absolute Gasteiger partial charge is 0.0597 e. The minimum Gasteiger partial charge on any atom is -0.292 e. The molecule has 0 aromatic rings. The van der Waals surface area contributed by atoms with Crippen molar-refractivity contribution < 1.29 is 8.39 Å². The van der Waals surface area contributed by atoms with Gasteiger partial charge in [-0.05, 0) is 6.92 Å². The Morgan fingerprint density at radius 3 is 1.88 bits per heavy atom. The Balaban J connectivity index is 4.25. The lowest BCUT2D eigenvalue weighted by Gasteiger charge is -2.37. The summed E-state index contributed by atoms with van der Waals surface area (Å²) in [5, 5.41) is 0. The topological polar surface area (TPSA) is 26.3 Å². The highest BCUT2D eigenvalue weighted by Gasteiger charge is 2.12. The lowest BCUT2D eigenvalue weighted by molar-refractivity contribution is 0.418. The van der Waals surface area contributed by atoms with Crippen LogP contribution in [0.3, 0.4) is 0 Å². The fourth-order valence-electron chi connectivity index (χ4n) is 0.118. The van der Waals surface area contributed by atoms with Crippen molar-refractivity contribution in [3.63, 3.8) is 0 Å². The summed E-state index contributed by atoms with van der Waals surface area (Å²) in [6, 6.07) is 0. The van der Waals surface area contributed by atoms with Gasteiger partial charge in [0.2, 0.25) is 0 Å². The van der Waals surface area contributed by atoms with Gasteiger partial charge in [0.05, 0.1) is 7.11 Å². The van der Waals surface area contributed by atoms with Crippen molar-refractivity contribution in [3.8, 4) is 0 Å². The van der Waals surface area contributed by atoms with Crippen LogP contribution in [0.25, 0.3) is 0 Å². The van der Waals surface area contributed by atoms with Crippen molar-refractivity contribution in [1.82, 2.24) is 0 Å². The zero-order valence-electron chi connectivity index (χ0n) is 5.93. The molecule has 0 radical (unpaired) electrons. The summed E-state index contributed by atoms with van der Waals surface area (Å²) >= 11 is 0. The number of hydrogen-bond acceptors (Lipinski definition) is 2. The van der Waals surface area contributed by atoms with E-state index in [1.54, 1.807) is 12.5 Å². The Labute approximate surface area is 50.8 Å². The first-order valence-corrected chi connectivity index (χ1v) is 5.43. The van der Waals surface area contributed by atoms with E-state index in [1.165, 1.54) is 7.11 Å². The summed E-state index contributed by atoms with van der Waals surface area (Å²) in [5.41, 5.74) is 0. The van der Waals surface area contributed by atoms with Crippen LogP contribution in [0.15, 0.2) is 0 Å². The van der Waals surface area contributed by atoms with Crippen molar-refractivity contribution in [2.75, 3.05) is 25.4 Å². The standard InChI is InChI=1S/C5H14O2S/c1-5-8(3,4,6)7-2/h5H2,1-4H3. The van der Waals surface area contributed by atoms with Gasteiger partial charge in [0, 0.05) is 18.3 Å². The molecule has 0 saturated carbocycles. The molecule has 0 atom stereocenters. The Hall–Kier alpha value is 0.110. The molecular weight excluding hydrogens is 124 g/mol. The lowest BCUT2D eigenvalue weighted by Crippen LogP contribution is -2.33. The second-order valence-electron chi connectivity index (χ2n) is 2.41. The fraction of sp³-hybridized carbons (Fsp3) is 1.00. The molecule has 0 saturated heterocycles. The van der Waals surface area contributed by atoms with Crippen LogP contribution in [0.1, 0.15) is 6.92 Å². The average molecular weight is 138 g/mol. The Bertz CT molecular complexity index is 123. The Morgan fingerprint density at radius 1 is 1.50 bits per heavy atom. The molecule has 0 aliphatic carbocycles. The molecule has 3 heteroatoms. The molecule has 0 heterocycles. The molecule has 0 aromatic heterocycles. The summed E-state index contributed by atoms with van der Waals surface area (Å²) < 4.78 is 16.1. The summed E-state index contributed by atoms with van der Waals surface area (Å²) in [4.78, 5) is 0. The lowest BCUT2D eigenvalue weighted by atomic mass is 11.0. The number of hydrogen-bond donors (Lipinski definition) is 0.